The Kier molecular flexibility index (Phi) is 5.21. The van der Waals surface area contributed by atoms with Gasteiger partial charge in [-0.2, -0.15) is 5.26 Å². The molecule has 0 fully saturated rings. The Labute approximate surface area is 129 Å². The average Bonchev–Trinajstić information content (AvgIpc) is 2.53. The molecule has 0 aliphatic heterocycles. The molecule has 1 atom stereocenters. The molecular formula is C17H17ClN2O. The Morgan fingerprint density at radius 3 is 2.71 bits per heavy atom. The van der Waals surface area contributed by atoms with Crippen LogP contribution in [-0.2, 0) is 6.61 Å². The van der Waals surface area contributed by atoms with Gasteiger partial charge >= 0.3 is 0 Å². The van der Waals surface area contributed by atoms with E-state index in [1.807, 2.05) is 37.3 Å². The van der Waals surface area contributed by atoms with Crippen LogP contribution < -0.4 is 10.5 Å². The quantitative estimate of drug-likeness (QED) is 0.900. The van der Waals surface area contributed by atoms with Crippen LogP contribution in [0.15, 0.2) is 42.5 Å². The molecule has 21 heavy (non-hydrogen) atoms. The molecule has 2 N–H and O–H groups in total. The Balaban J connectivity index is 2.16. The number of para-hydroxylation sites is 1. The molecule has 0 radical (unpaired) electrons. The van der Waals surface area contributed by atoms with Crippen LogP contribution in [-0.4, -0.2) is 0 Å². The Hall–Kier alpha value is -2.02. The fraction of sp³-hybridized carbons (Fsp3) is 0.235. The minimum Gasteiger partial charge on any atom is -0.489 e. The van der Waals surface area contributed by atoms with Crippen LogP contribution >= 0.6 is 11.6 Å². The van der Waals surface area contributed by atoms with Gasteiger partial charge in [0.1, 0.15) is 12.4 Å². The van der Waals surface area contributed by atoms with E-state index >= 15 is 0 Å². The molecule has 0 saturated heterocycles. The van der Waals surface area contributed by atoms with Crippen LogP contribution in [0.25, 0.3) is 0 Å². The van der Waals surface area contributed by atoms with Crippen molar-refractivity contribution < 1.29 is 4.74 Å². The van der Waals surface area contributed by atoms with Crippen molar-refractivity contribution in [1.82, 2.24) is 0 Å². The highest BCUT2D eigenvalue weighted by Gasteiger charge is 2.10. The van der Waals surface area contributed by atoms with Crippen molar-refractivity contribution in [3.63, 3.8) is 0 Å². The Morgan fingerprint density at radius 2 is 2.05 bits per heavy atom. The summed E-state index contributed by atoms with van der Waals surface area (Å²) in [4.78, 5) is 0. The maximum atomic E-state index is 8.83. The third-order valence-corrected chi connectivity index (χ3v) is 3.68. The van der Waals surface area contributed by atoms with Crippen LogP contribution in [0.5, 0.6) is 5.75 Å². The predicted octanol–water partition coefficient (Wildman–Crippen LogP) is 4.20. The molecule has 108 valence electrons. The molecule has 0 heterocycles. The predicted molar refractivity (Wildman–Crippen MR) is 84.2 cm³/mol. The summed E-state index contributed by atoms with van der Waals surface area (Å²) in [5.41, 5.74) is 8.46. The van der Waals surface area contributed by atoms with Crippen molar-refractivity contribution in [2.24, 2.45) is 5.73 Å². The van der Waals surface area contributed by atoms with E-state index in [9.17, 15) is 0 Å². The molecule has 2 aromatic rings. The average molecular weight is 301 g/mol. The van der Waals surface area contributed by atoms with Crippen LogP contribution in [0.1, 0.15) is 36.1 Å². The van der Waals surface area contributed by atoms with Crippen molar-refractivity contribution in [2.45, 2.75) is 26.0 Å². The van der Waals surface area contributed by atoms with Crippen molar-refractivity contribution >= 4 is 11.6 Å². The standard InChI is InChI=1S/C17H17ClN2O/c1-2-16(20)14-5-3-4-6-17(14)21-11-13-8-7-12(10-19)9-15(13)18/h3-9,16H,2,11,20H2,1H3. The van der Waals surface area contributed by atoms with Gasteiger partial charge in [0, 0.05) is 22.2 Å². The SMILES string of the molecule is CCC(N)c1ccccc1OCc1ccc(C#N)cc1Cl. The molecule has 0 saturated carbocycles. The number of nitrogens with zero attached hydrogens (tertiary/aromatic N) is 1. The van der Waals surface area contributed by atoms with Gasteiger partial charge in [-0.1, -0.05) is 42.8 Å². The summed E-state index contributed by atoms with van der Waals surface area (Å²) in [6, 6.07) is 14.9. The maximum Gasteiger partial charge on any atom is 0.124 e. The van der Waals surface area contributed by atoms with Crippen LogP contribution in [0.2, 0.25) is 5.02 Å². The molecule has 0 aliphatic rings. The number of nitrogens with two attached hydrogens (primary N) is 1. The Bertz CT molecular complexity index is 664. The summed E-state index contributed by atoms with van der Waals surface area (Å²) < 4.78 is 5.85. The summed E-state index contributed by atoms with van der Waals surface area (Å²) in [5, 5.41) is 9.37. The molecule has 0 aliphatic carbocycles. The van der Waals surface area contributed by atoms with Crippen LogP contribution in [0.4, 0.5) is 0 Å². The molecule has 2 aromatic carbocycles. The first-order valence-corrected chi connectivity index (χ1v) is 7.19. The van der Waals surface area contributed by atoms with E-state index in [0.29, 0.717) is 17.2 Å². The summed E-state index contributed by atoms with van der Waals surface area (Å²) >= 11 is 6.15. The normalized spacial score (nSPS) is 11.7. The van der Waals surface area contributed by atoms with Gasteiger partial charge in [-0.05, 0) is 24.6 Å². The third-order valence-electron chi connectivity index (χ3n) is 3.32. The zero-order valence-corrected chi connectivity index (χ0v) is 12.6. The first kappa shape index (κ1) is 15.4. The lowest BCUT2D eigenvalue weighted by Crippen LogP contribution is -2.10. The minimum absolute atomic E-state index is 0.0439. The topological polar surface area (TPSA) is 59.0 Å². The molecule has 1 unspecified atom stereocenters. The molecule has 4 heteroatoms. The lowest BCUT2D eigenvalue weighted by Gasteiger charge is -2.16. The first-order chi connectivity index (χ1) is 10.2. The zero-order chi connectivity index (χ0) is 15.2. The number of hydrogen-bond donors (Lipinski definition) is 1. The molecule has 2 rings (SSSR count). The minimum atomic E-state index is -0.0439. The highest BCUT2D eigenvalue weighted by Crippen LogP contribution is 2.27. The lowest BCUT2D eigenvalue weighted by molar-refractivity contribution is 0.301. The maximum absolute atomic E-state index is 8.83. The Morgan fingerprint density at radius 1 is 1.29 bits per heavy atom. The van der Waals surface area contributed by atoms with Gasteiger partial charge in [0.05, 0.1) is 11.6 Å². The summed E-state index contributed by atoms with van der Waals surface area (Å²) in [5.74, 6) is 0.771. The van der Waals surface area contributed by atoms with E-state index in [0.717, 1.165) is 23.3 Å². The second-order valence-corrected chi connectivity index (χ2v) is 5.17. The smallest absolute Gasteiger partial charge is 0.124 e. The van der Waals surface area contributed by atoms with Crippen LogP contribution in [0.3, 0.4) is 0 Å². The van der Waals surface area contributed by atoms with E-state index < -0.39 is 0 Å². The number of hydrogen-bond acceptors (Lipinski definition) is 3. The molecule has 0 aromatic heterocycles. The molecule has 0 spiro atoms. The number of benzene rings is 2. The van der Waals surface area contributed by atoms with Gasteiger partial charge in [0.25, 0.3) is 0 Å². The van der Waals surface area contributed by atoms with Gasteiger partial charge in [-0.3, -0.25) is 0 Å². The molecule has 0 bridgehead atoms. The van der Waals surface area contributed by atoms with Gasteiger partial charge in [0.2, 0.25) is 0 Å². The van der Waals surface area contributed by atoms with Gasteiger partial charge in [-0.15, -0.1) is 0 Å². The van der Waals surface area contributed by atoms with E-state index in [1.54, 1.807) is 12.1 Å². The number of nitriles is 1. The van der Waals surface area contributed by atoms with Crippen molar-refractivity contribution in [3.05, 3.63) is 64.2 Å². The first-order valence-electron chi connectivity index (χ1n) is 6.81. The largest absolute Gasteiger partial charge is 0.489 e. The number of rotatable bonds is 5. The fourth-order valence-electron chi connectivity index (χ4n) is 2.03. The zero-order valence-electron chi connectivity index (χ0n) is 11.8. The second-order valence-electron chi connectivity index (χ2n) is 4.76. The summed E-state index contributed by atoms with van der Waals surface area (Å²) in [6.07, 6.45) is 0.845. The van der Waals surface area contributed by atoms with E-state index in [-0.39, 0.29) is 6.04 Å². The number of ether oxygens (including phenoxy) is 1. The molecule has 3 nitrogen and oxygen atoms in total. The summed E-state index contributed by atoms with van der Waals surface area (Å²) in [6.45, 7) is 2.39. The van der Waals surface area contributed by atoms with Gasteiger partial charge < -0.3 is 10.5 Å². The lowest BCUT2D eigenvalue weighted by atomic mass is 10.0. The van der Waals surface area contributed by atoms with E-state index in [4.69, 9.17) is 27.3 Å². The number of halogens is 1. The fourth-order valence-corrected chi connectivity index (χ4v) is 2.26. The van der Waals surface area contributed by atoms with Crippen molar-refractivity contribution in [3.8, 4) is 11.8 Å². The second kappa shape index (κ2) is 7.12. The molecule has 0 amide bonds. The van der Waals surface area contributed by atoms with Crippen LogP contribution in [0, 0.1) is 11.3 Å². The highest BCUT2D eigenvalue weighted by atomic mass is 35.5. The summed E-state index contributed by atoms with van der Waals surface area (Å²) in [7, 11) is 0. The molecular weight excluding hydrogens is 284 g/mol. The third kappa shape index (κ3) is 3.75. The van der Waals surface area contributed by atoms with Gasteiger partial charge in [0.15, 0.2) is 0 Å². The van der Waals surface area contributed by atoms with Crippen molar-refractivity contribution in [1.29, 1.82) is 5.26 Å². The highest BCUT2D eigenvalue weighted by molar-refractivity contribution is 6.31. The van der Waals surface area contributed by atoms with Crippen molar-refractivity contribution in [2.75, 3.05) is 0 Å². The van der Waals surface area contributed by atoms with E-state index in [1.165, 1.54) is 0 Å². The van der Waals surface area contributed by atoms with Gasteiger partial charge in [-0.25, -0.2) is 0 Å². The van der Waals surface area contributed by atoms with E-state index in [2.05, 4.69) is 6.07 Å². The monoisotopic (exact) mass is 300 g/mol.